The molecule has 0 aliphatic heterocycles. The van der Waals surface area contributed by atoms with Crippen molar-refractivity contribution in [3.63, 3.8) is 0 Å². The number of hydrazine groups is 1. The van der Waals surface area contributed by atoms with Gasteiger partial charge in [-0.25, -0.2) is 0 Å². The minimum Gasteiger partial charge on any atom is -0.273 e. The van der Waals surface area contributed by atoms with Crippen molar-refractivity contribution in [2.45, 2.75) is 24.3 Å². The number of hydrogen-bond acceptors (Lipinski definition) is 5. The van der Waals surface area contributed by atoms with E-state index in [0.29, 0.717) is 0 Å². The van der Waals surface area contributed by atoms with E-state index in [1.54, 1.807) is 0 Å². The maximum Gasteiger partial charge on any atom is 0.248 e. The molecule has 2 atom stereocenters. The average molecular weight is 309 g/mol. The van der Waals surface area contributed by atoms with Crippen molar-refractivity contribution >= 4 is 23.6 Å². The molecular formula is C13H15N3O4S. The van der Waals surface area contributed by atoms with Crippen LogP contribution in [0.25, 0.3) is 0 Å². The number of amides is 2. The molecule has 0 saturated heterocycles. The molecule has 0 heterocycles. The first-order valence-electron chi connectivity index (χ1n) is 6.39. The Balaban J connectivity index is 1.67. The minimum atomic E-state index is -0.816. The van der Waals surface area contributed by atoms with Gasteiger partial charge in [-0.2, -0.15) is 0 Å². The van der Waals surface area contributed by atoms with Crippen molar-refractivity contribution in [1.29, 1.82) is 0 Å². The molecular weight excluding hydrogens is 294 g/mol. The number of rotatable bonds is 5. The smallest absolute Gasteiger partial charge is 0.248 e. The molecule has 2 N–H and O–H groups in total. The number of aryl methyl sites for hydroxylation is 1. The summed E-state index contributed by atoms with van der Waals surface area (Å²) < 4.78 is 0. The third-order valence-corrected chi connectivity index (χ3v) is 4.09. The monoisotopic (exact) mass is 309 g/mol. The molecule has 8 heteroatoms. The molecule has 1 aromatic rings. The molecule has 1 aromatic carbocycles. The van der Waals surface area contributed by atoms with Crippen LogP contribution < -0.4 is 10.9 Å². The van der Waals surface area contributed by atoms with Crippen LogP contribution in [0.2, 0.25) is 0 Å². The SMILES string of the molecule is Cc1ccc(SCC(=O)NNC(=O)[C@@H]2C[C@@H]2[N+](=O)[O-])cc1. The van der Waals surface area contributed by atoms with E-state index >= 15 is 0 Å². The predicted molar refractivity (Wildman–Crippen MR) is 77.1 cm³/mol. The number of hydrogen-bond donors (Lipinski definition) is 2. The van der Waals surface area contributed by atoms with Crippen molar-refractivity contribution in [1.82, 2.24) is 10.9 Å². The predicted octanol–water partition coefficient (Wildman–Crippen LogP) is 0.900. The molecule has 0 radical (unpaired) electrons. The van der Waals surface area contributed by atoms with Crippen LogP contribution in [0.15, 0.2) is 29.2 Å². The summed E-state index contributed by atoms with van der Waals surface area (Å²) in [4.78, 5) is 34.0. The van der Waals surface area contributed by atoms with Gasteiger partial charge in [-0.1, -0.05) is 17.7 Å². The number of nitrogens with one attached hydrogen (secondary N) is 2. The first-order valence-corrected chi connectivity index (χ1v) is 7.37. The lowest BCUT2D eigenvalue weighted by Crippen LogP contribution is -2.43. The van der Waals surface area contributed by atoms with Gasteiger partial charge in [-0.3, -0.25) is 30.6 Å². The topological polar surface area (TPSA) is 101 Å². The van der Waals surface area contributed by atoms with Crippen LogP contribution in [0.5, 0.6) is 0 Å². The van der Waals surface area contributed by atoms with Crippen LogP contribution in [0.4, 0.5) is 0 Å². The zero-order chi connectivity index (χ0) is 15.4. The Morgan fingerprint density at radius 2 is 2.00 bits per heavy atom. The molecule has 1 aliphatic rings. The van der Waals surface area contributed by atoms with E-state index in [0.717, 1.165) is 10.5 Å². The van der Waals surface area contributed by atoms with Gasteiger partial charge in [0.1, 0.15) is 5.92 Å². The maximum atomic E-state index is 11.6. The van der Waals surface area contributed by atoms with Crippen LogP contribution in [-0.4, -0.2) is 28.5 Å². The van der Waals surface area contributed by atoms with Crippen molar-refractivity contribution in [2.24, 2.45) is 5.92 Å². The van der Waals surface area contributed by atoms with Gasteiger partial charge in [-0.05, 0) is 19.1 Å². The molecule has 0 spiro atoms. The number of carbonyl (C=O) groups is 2. The highest BCUT2D eigenvalue weighted by Crippen LogP contribution is 2.32. The van der Waals surface area contributed by atoms with Crippen LogP contribution in [-0.2, 0) is 9.59 Å². The molecule has 21 heavy (non-hydrogen) atoms. The lowest BCUT2D eigenvalue weighted by atomic mass is 10.2. The fourth-order valence-corrected chi connectivity index (χ4v) is 2.44. The molecule has 1 aliphatic carbocycles. The summed E-state index contributed by atoms with van der Waals surface area (Å²) in [6.07, 6.45) is 0.229. The van der Waals surface area contributed by atoms with E-state index in [1.165, 1.54) is 11.8 Å². The fraction of sp³-hybridized carbons (Fsp3) is 0.385. The molecule has 1 saturated carbocycles. The van der Waals surface area contributed by atoms with Crippen LogP contribution in [0.1, 0.15) is 12.0 Å². The zero-order valence-electron chi connectivity index (χ0n) is 11.4. The Labute approximate surface area is 125 Å². The molecule has 0 unspecified atom stereocenters. The van der Waals surface area contributed by atoms with Gasteiger partial charge in [0.25, 0.3) is 0 Å². The van der Waals surface area contributed by atoms with Crippen molar-refractivity contribution in [2.75, 3.05) is 5.75 Å². The number of nitrogens with zero attached hydrogens (tertiary/aromatic N) is 1. The quantitative estimate of drug-likeness (QED) is 0.478. The third-order valence-electron chi connectivity index (χ3n) is 3.08. The van der Waals surface area contributed by atoms with E-state index in [-0.39, 0.29) is 18.1 Å². The van der Waals surface area contributed by atoms with Crippen LogP contribution in [0, 0.1) is 23.0 Å². The molecule has 0 bridgehead atoms. The number of thioether (sulfide) groups is 1. The minimum absolute atomic E-state index is 0.159. The van der Waals surface area contributed by atoms with E-state index in [9.17, 15) is 19.7 Å². The van der Waals surface area contributed by atoms with Gasteiger partial charge in [-0.15, -0.1) is 11.8 Å². The Hall–Kier alpha value is -2.09. The Morgan fingerprint density at radius 3 is 2.57 bits per heavy atom. The van der Waals surface area contributed by atoms with Gasteiger partial charge < -0.3 is 0 Å². The van der Waals surface area contributed by atoms with Crippen molar-refractivity contribution in [3.05, 3.63) is 39.9 Å². The second-order valence-corrected chi connectivity index (χ2v) is 5.88. The summed E-state index contributed by atoms with van der Waals surface area (Å²) in [7, 11) is 0. The Morgan fingerprint density at radius 1 is 1.33 bits per heavy atom. The lowest BCUT2D eigenvalue weighted by molar-refractivity contribution is -0.497. The normalized spacial score (nSPS) is 19.7. The summed E-state index contributed by atoms with van der Waals surface area (Å²) in [5.41, 5.74) is 5.62. The molecule has 2 rings (SSSR count). The summed E-state index contributed by atoms with van der Waals surface area (Å²) in [5, 5.41) is 10.4. The first-order chi connectivity index (χ1) is 9.97. The van der Waals surface area contributed by atoms with E-state index in [1.807, 2.05) is 31.2 Å². The largest absolute Gasteiger partial charge is 0.273 e. The average Bonchev–Trinajstić information content (AvgIpc) is 3.25. The molecule has 1 fully saturated rings. The number of benzene rings is 1. The highest BCUT2D eigenvalue weighted by molar-refractivity contribution is 8.00. The van der Waals surface area contributed by atoms with E-state index in [2.05, 4.69) is 10.9 Å². The van der Waals surface area contributed by atoms with Gasteiger partial charge >= 0.3 is 0 Å². The Bertz CT molecular complexity index is 561. The highest BCUT2D eigenvalue weighted by Gasteiger charge is 2.53. The molecule has 7 nitrogen and oxygen atoms in total. The standard InChI is InChI=1S/C13H15N3O4S/c1-8-2-4-9(5-3-8)21-7-12(17)14-15-13(18)10-6-11(10)16(19)20/h2-5,10-11H,6-7H2,1H3,(H,14,17)(H,15,18)/t10-,11+/m1/s1. The third kappa shape index (κ3) is 4.45. The van der Waals surface area contributed by atoms with Gasteiger partial charge in [0, 0.05) is 16.2 Å². The second-order valence-electron chi connectivity index (χ2n) is 4.83. The van der Waals surface area contributed by atoms with Crippen molar-refractivity contribution in [3.8, 4) is 0 Å². The van der Waals surface area contributed by atoms with E-state index in [4.69, 9.17) is 0 Å². The summed E-state index contributed by atoms with van der Waals surface area (Å²) in [6.45, 7) is 1.98. The lowest BCUT2D eigenvalue weighted by Gasteiger charge is -2.06. The van der Waals surface area contributed by atoms with Gasteiger partial charge in [0.05, 0.1) is 5.75 Å². The van der Waals surface area contributed by atoms with Gasteiger partial charge in [0.15, 0.2) is 0 Å². The van der Waals surface area contributed by atoms with Crippen LogP contribution >= 0.6 is 11.8 Å². The van der Waals surface area contributed by atoms with E-state index < -0.39 is 22.8 Å². The highest BCUT2D eigenvalue weighted by atomic mass is 32.2. The second kappa shape index (κ2) is 6.57. The maximum absolute atomic E-state index is 11.6. The molecule has 0 aromatic heterocycles. The molecule has 112 valence electrons. The number of carbonyl (C=O) groups excluding carboxylic acids is 2. The first kappa shape index (κ1) is 15.3. The van der Waals surface area contributed by atoms with Gasteiger partial charge in [0.2, 0.25) is 17.9 Å². The molecule has 2 amide bonds. The number of nitro groups is 1. The Kier molecular flexibility index (Phi) is 4.79. The summed E-state index contributed by atoms with van der Waals surface area (Å²) in [6, 6.07) is 6.92. The van der Waals surface area contributed by atoms with Crippen molar-refractivity contribution < 1.29 is 14.5 Å². The van der Waals surface area contributed by atoms with Crippen LogP contribution in [0.3, 0.4) is 0 Å². The summed E-state index contributed by atoms with van der Waals surface area (Å²) in [5.74, 6) is -1.34. The fourth-order valence-electron chi connectivity index (χ4n) is 1.74. The summed E-state index contributed by atoms with van der Waals surface area (Å²) >= 11 is 1.35. The zero-order valence-corrected chi connectivity index (χ0v) is 12.2.